The summed E-state index contributed by atoms with van der Waals surface area (Å²) in [7, 11) is 0. The van der Waals surface area contributed by atoms with Gasteiger partial charge in [-0.15, -0.1) is 11.3 Å². The largest absolute Gasteiger partial charge is 0.444 e. The van der Waals surface area contributed by atoms with Crippen molar-refractivity contribution in [1.29, 1.82) is 0 Å². The van der Waals surface area contributed by atoms with Crippen LogP contribution in [0.4, 0.5) is 10.8 Å². The Balaban J connectivity index is 1.59. The third-order valence-corrected chi connectivity index (χ3v) is 6.14. The van der Waals surface area contributed by atoms with E-state index in [1.807, 2.05) is 32.6 Å². The lowest BCUT2D eigenvalue weighted by atomic mass is 10.2. The van der Waals surface area contributed by atoms with Crippen molar-refractivity contribution in [2.75, 3.05) is 24.5 Å². The molecule has 1 amide bonds. The van der Waals surface area contributed by atoms with Crippen molar-refractivity contribution in [1.82, 2.24) is 14.9 Å². The number of benzene rings is 1. The SMILES string of the molecule is CC1CN(C(=O)OC(C)(C)C)CCN1c1nc2cc(Cl)cc(-c3ncc(CO)s3)c2o1. The number of oxazole rings is 1. The van der Waals surface area contributed by atoms with Crippen LogP contribution in [0.25, 0.3) is 21.7 Å². The molecule has 1 N–H and O–H groups in total. The average Bonchev–Trinajstić information content (AvgIpc) is 3.32. The fourth-order valence-corrected chi connectivity index (χ4v) is 4.51. The molecule has 1 fully saturated rings. The number of carbonyl (C=O) groups is 1. The first-order valence-corrected chi connectivity index (χ1v) is 11.2. The molecule has 0 bridgehead atoms. The van der Waals surface area contributed by atoms with Crippen LogP contribution in [-0.2, 0) is 11.3 Å². The zero-order valence-corrected chi connectivity index (χ0v) is 19.5. The highest BCUT2D eigenvalue weighted by atomic mass is 35.5. The zero-order valence-electron chi connectivity index (χ0n) is 17.9. The van der Waals surface area contributed by atoms with E-state index >= 15 is 0 Å². The van der Waals surface area contributed by atoms with Gasteiger partial charge in [-0.2, -0.15) is 4.98 Å². The fraction of sp³-hybridized carbons (Fsp3) is 0.476. The number of piperazine rings is 1. The number of ether oxygens (including phenoxy) is 1. The van der Waals surface area contributed by atoms with E-state index in [-0.39, 0.29) is 18.7 Å². The van der Waals surface area contributed by atoms with Gasteiger partial charge in [0.15, 0.2) is 5.58 Å². The van der Waals surface area contributed by atoms with Crippen molar-refractivity contribution in [3.63, 3.8) is 0 Å². The number of hydrogen-bond donors (Lipinski definition) is 1. The minimum Gasteiger partial charge on any atom is -0.444 e. The molecule has 0 aliphatic carbocycles. The van der Waals surface area contributed by atoms with Gasteiger partial charge >= 0.3 is 6.09 Å². The smallest absolute Gasteiger partial charge is 0.410 e. The van der Waals surface area contributed by atoms with Gasteiger partial charge in [0.2, 0.25) is 0 Å². The van der Waals surface area contributed by atoms with Gasteiger partial charge in [0.25, 0.3) is 6.01 Å². The molecule has 2 aromatic heterocycles. The molecule has 10 heteroatoms. The number of nitrogens with zero attached hydrogens (tertiary/aromatic N) is 4. The van der Waals surface area contributed by atoms with Crippen LogP contribution in [0.3, 0.4) is 0 Å². The molecular weight excluding hydrogens is 440 g/mol. The molecule has 1 unspecified atom stereocenters. The van der Waals surface area contributed by atoms with Crippen LogP contribution >= 0.6 is 22.9 Å². The Kier molecular flexibility index (Phi) is 5.85. The number of fused-ring (bicyclic) bond motifs is 1. The summed E-state index contributed by atoms with van der Waals surface area (Å²) in [5.41, 5.74) is 1.45. The predicted molar refractivity (Wildman–Crippen MR) is 121 cm³/mol. The first-order chi connectivity index (χ1) is 14.6. The van der Waals surface area contributed by atoms with E-state index in [4.69, 9.17) is 20.8 Å². The molecule has 1 aliphatic heterocycles. The van der Waals surface area contributed by atoms with E-state index in [0.717, 1.165) is 10.4 Å². The summed E-state index contributed by atoms with van der Waals surface area (Å²) < 4.78 is 11.7. The fourth-order valence-electron chi connectivity index (χ4n) is 3.51. The summed E-state index contributed by atoms with van der Waals surface area (Å²) >= 11 is 7.70. The summed E-state index contributed by atoms with van der Waals surface area (Å²) in [6.07, 6.45) is 1.33. The third kappa shape index (κ3) is 4.63. The van der Waals surface area contributed by atoms with Gasteiger partial charge in [0.1, 0.15) is 16.1 Å². The summed E-state index contributed by atoms with van der Waals surface area (Å²) in [6, 6.07) is 4.03. The number of carbonyl (C=O) groups excluding carboxylic acids is 1. The Morgan fingerprint density at radius 1 is 1.39 bits per heavy atom. The predicted octanol–water partition coefficient (Wildman–Crippen LogP) is 4.54. The van der Waals surface area contributed by atoms with Gasteiger partial charge in [-0.1, -0.05) is 11.6 Å². The average molecular weight is 465 g/mol. The second-order valence-electron chi connectivity index (χ2n) is 8.56. The molecule has 0 spiro atoms. The highest BCUT2D eigenvalue weighted by Gasteiger charge is 2.32. The zero-order chi connectivity index (χ0) is 22.3. The number of amides is 1. The van der Waals surface area contributed by atoms with Gasteiger partial charge in [-0.3, -0.25) is 0 Å². The Bertz CT molecular complexity index is 1110. The van der Waals surface area contributed by atoms with E-state index in [1.165, 1.54) is 11.3 Å². The van der Waals surface area contributed by atoms with E-state index in [2.05, 4.69) is 9.97 Å². The minimum absolute atomic E-state index is 0.00546. The Labute approximate surface area is 189 Å². The molecule has 1 aliphatic rings. The Morgan fingerprint density at radius 3 is 2.81 bits per heavy atom. The molecule has 4 rings (SSSR count). The molecule has 166 valence electrons. The van der Waals surface area contributed by atoms with Gasteiger partial charge in [0, 0.05) is 36.9 Å². The molecule has 0 radical (unpaired) electrons. The van der Waals surface area contributed by atoms with Crippen LogP contribution in [-0.4, -0.2) is 57.3 Å². The topological polar surface area (TPSA) is 91.9 Å². The molecule has 3 heterocycles. The standard InChI is InChI=1S/C21H25ClN4O4S/c1-12-10-25(20(28)30-21(2,3)4)5-6-26(12)19-24-16-8-13(22)7-15(17(16)29-19)18-23-9-14(11-27)31-18/h7-9,12,27H,5-6,10-11H2,1-4H3. The number of aliphatic hydroxyl groups excluding tert-OH is 1. The van der Waals surface area contributed by atoms with Crippen LogP contribution < -0.4 is 4.90 Å². The maximum atomic E-state index is 12.4. The first-order valence-electron chi connectivity index (χ1n) is 10.0. The summed E-state index contributed by atoms with van der Waals surface area (Å²) in [4.78, 5) is 26.0. The molecule has 1 saturated heterocycles. The molecule has 1 atom stereocenters. The van der Waals surface area contributed by atoms with Crippen LogP contribution in [0, 0.1) is 0 Å². The molecule has 31 heavy (non-hydrogen) atoms. The maximum Gasteiger partial charge on any atom is 0.410 e. The van der Waals surface area contributed by atoms with Crippen molar-refractivity contribution >= 4 is 46.1 Å². The molecule has 8 nitrogen and oxygen atoms in total. The van der Waals surface area contributed by atoms with Crippen LogP contribution in [0.2, 0.25) is 5.02 Å². The molecule has 1 aromatic carbocycles. The normalized spacial score (nSPS) is 17.4. The van der Waals surface area contributed by atoms with E-state index < -0.39 is 5.60 Å². The van der Waals surface area contributed by atoms with Crippen molar-refractivity contribution < 1.29 is 19.1 Å². The number of rotatable bonds is 3. The van der Waals surface area contributed by atoms with Crippen LogP contribution in [0.5, 0.6) is 0 Å². The van der Waals surface area contributed by atoms with Gasteiger partial charge < -0.3 is 24.1 Å². The molecular formula is C21H25ClN4O4S. The van der Waals surface area contributed by atoms with Crippen LogP contribution in [0.15, 0.2) is 22.7 Å². The van der Waals surface area contributed by atoms with Crippen LogP contribution in [0.1, 0.15) is 32.6 Å². The Hall–Kier alpha value is -2.36. The highest BCUT2D eigenvalue weighted by Crippen LogP contribution is 2.37. The van der Waals surface area contributed by atoms with Crippen molar-refractivity contribution in [2.24, 2.45) is 0 Å². The number of aromatic nitrogens is 2. The summed E-state index contributed by atoms with van der Waals surface area (Å²) in [5.74, 6) is 0. The highest BCUT2D eigenvalue weighted by molar-refractivity contribution is 7.15. The van der Waals surface area contributed by atoms with Gasteiger partial charge in [-0.05, 0) is 39.8 Å². The third-order valence-electron chi connectivity index (χ3n) is 4.91. The van der Waals surface area contributed by atoms with Gasteiger partial charge in [0.05, 0.1) is 17.0 Å². The molecule has 0 saturated carbocycles. The number of hydrogen-bond acceptors (Lipinski definition) is 8. The Morgan fingerprint density at radius 2 is 2.16 bits per heavy atom. The van der Waals surface area contributed by atoms with E-state index in [9.17, 15) is 9.90 Å². The lowest BCUT2D eigenvalue weighted by Gasteiger charge is -2.39. The lowest BCUT2D eigenvalue weighted by molar-refractivity contribution is 0.0216. The number of thiazole rings is 1. The maximum absolute atomic E-state index is 12.4. The van der Waals surface area contributed by atoms with Gasteiger partial charge in [-0.25, -0.2) is 9.78 Å². The van der Waals surface area contributed by atoms with Crippen molar-refractivity contribution in [3.8, 4) is 10.6 Å². The number of halogens is 1. The quantitative estimate of drug-likeness (QED) is 0.608. The van der Waals surface area contributed by atoms with Crippen molar-refractivity contribution in [2.45, 2.75) is 45.9 Å². The summed E-state index contributed by atoms with van der Waals surface area (Å²) in [5, 5.41) is 10.6. The second kappa shape index (κ2) is 8.29. The first kappa shape index (κ1) is 21.9. The van der Waals surface area contributed by atoms with E-state index in [1.54, 1.807) is 23.2 Å². The minimum atomic E-state index is -0.529. The lowest BCUT2D eigenvalue weighted by Crippen LogP contribution is -2.54. The molecule has 3 aromatic rings. The van der Waals surface area contributed by atoms with E-state index in [0.29, 0.717) is 46.8 Å². The second-order valence-corrected chi connectivity index (χ2v) is 10.1. The number of anilines is 1. The monoisotopic (exact) mass is 464 g/mol. The van der Waals surface area contributed by atoms with Crippen molar-refractivity contribution in [3.05, 3.63) is 28.2 Å². The summed E-state index contributed by atoms with van der Waals surface area (Å²) in [6.45, 7) is 9.12. The number of aliphatic hydroxyl groups is 1.